The highest BCUT2D eigenvalue weighted by Gasteiger charge is 2.50. The molecule has 2 atom stereocenters. The number of carbonyl (C=O) groups is 1. The van der Waals surface area contributed by atoms with Gasteiger partial charge in [-0.1, -0.05) is 12.1 Å². The molecule has 1 aromatic rings. The summed E-state index contributed by atoms with van der Waals surface area (Å²) in [4.78, 5) is 14.3. The molecule has 1 spiro atoms. The van der Waals surface area contributed by atoms with E-state index in [9.17, 15) is 14.3 Å². The van der Waals surface area contributed by atoms with Crippen molar-refractivity contribution in [2.45, 2.75) is 77.2 Å². The van der Waals surface area contributed by atoms with Crippen molar-refractivity contribution in [3.8, 4) is 6.07 Å². The largest absolute Gasteiger partial charge is 0.444 e. The van der Waals surface area contributed by atoms with E-state index in [2.05, 4.69) is 16.9 Å². The minimum Gasteiger partial charge on any atom is -0.444 e. The van der Waals surface area contributed by atoms with Crippen LogP contribution in [0.3, 0.4) is 0 Å². The molecule has 1 N–H and O–H groups in total. The summed E-state index contributed by atoms with van der Waals surface area (Å²) >= 11 is 0. The Morgan fingerprint density at radius 2 is 1.87 bits per heavy atom. The van der Waals surface area contributed by atoms with E-state index in [0.29, 0.717) is 18.7 Å². The number of amides is 1. The van der Waals surface area contributed by atoms with Gasteiger partial charge >= 0.3 is 6.09 Å². The minimum absolute atomic E-state index is 0.172. The Hall–Kier alpha value is -1.91. The molecule has 1 amide bonds. The molecule has 164 valence electrons. The summed E-state index contributed by atoms with van der Waals surface area (Å²) in [5.74, 6) is 0. The lowest BCUT2D eigenvalue weighted by Crippen LogP contribution is -2.50. The molecule has 0 saturated carbocycles. The topological polar surface area (TPSA) is 82.4 Å². The average Bonchev–Trinajstić information content (AvgIpc) is 2.93. The van der Waals surface area contributed by atoms with Crippen LogP contribution in [-0.4, -0.2) is 38.6 Å². The summed E-state index contributed by atoms with van der Waals surface area (Å²) in [5, 5.41) is 9.70. The van der Waals surface area contributed by atoms with Crippen LogP contribution >= 0.6 is 0 Å². The average molecular weight is 432 g/mol. The van der Waals surface area contributed by atoms with Gasteiger partial charge in [0.05, 0.1) is 33.4 Å². The molecule has 1 aliphatic carbocycles. The van der Waals surface area contributed by atoms with Crippen LogP contribution in [0.4, 0.5) is 4.79 Å². The van der Waals surface area contributed by atoms with Crippen molar-refractivity contribution >= 4 is 17.1 Å². The number of piperidine rings is 1. The number of hydrogen-bond acceptors (Lipinski definition) is 4. The third kappa shape index (κ3) is 4.55. The fourth-order valence-corrected chi connectivity index (χ4v) is 5.32. The van der Waals surface area contributed by atoms with E-state index in [-0.39, 0.29) is 17.6 Å². The number of likely N-dealkylation sites (tertiary alicyclic amines) is 1. The normalized spacial score (nSPS) is 21.8. The van der Waals surface area contributed by atoms with Crippen molar-refractivity contribution in [2.75, 3.05) is 13.1 Å². The Bertz CT molecular complexity index is 884. The van der Waals surface area contributed by atoms with Crippen LogP contribution in [-0.2, 0) is 22.1 Å². The van der Waals surface area contributed by atoms with Crippen molar-refractivity contribution < 1.29 is 13.7 Å². The van der Waals surface area contributed by atoms with E-state index >= 15 is 0 Å². The van der Waals surface area contributed by atoms with Crippen molar-refractivity contribution in [2.24, 2.45) is 5.41 Å². The van der Waals surface area contributed by atoms with Crippen molar-refractivity contribution in [3.05, 3.63) is 34.9 Å². The Balaban J connectivity index is 1.88. The molecule has 1 saturated heterocycles. The fourth-order valence-electron chi connectivity index (χ4n) is 4.39. The van der Waals surface area contributed by atoms with Gasteiger partial charge in [0.25, 0.3) is 0 Å². The highest BCUT2D eigenvalue weighted by molar-refractivity contribution is 7.84. The third-order valence-corrected chi connectivity index (χ3v) is 7.51. The van der Waals surface area contributed by atoms with Gasteiger partial charge in [0.15, 0.2) is 0 Å². The summed E-state index contributed by atoms with van der Waals surface area (Å²) in [6.07, 6.45) is 2.07. The van der Waals surface area contributed by atoms with Gasteiger partial charge in [0, 0.05) is 13.1 Å². The van der Waals surface area contributed by atoms with E-state index in [4.69, 9.17) is 4.74 Å². The monoisotopic (exact) mass is 431 g/mol. The van der Waals surface area contributed by atoms with Crippen LogP contribution in [0.15, 0.2) is 18.2 Å². The Labute approximate surface area is 182 Å². The van der Waals surface area contributed by atoms with Gasteiger partial charge in [-0.25, -0.2) is 13.7 Å². The van der Waals surface area contributed by atoms with Crippen LogP contribution in [0.5, 0.6) is 0 Å². The number of fused-ring (bicyclic) bond motifs is 1. The molecule has 7 heteroatoms. The predicted octanol–water partition coefficient (Wildman–Crippen LogP) is 4.22. The maximum Gasteiger partial charge on any atom is 0.410 e. The van der Waals surface area contributed by atoms with Gasteiger partial charge in [-0.05, 0) is 83.4 Å². The number of nitrogens with one attached hydrogen (secondary N) is 1. The number of nitriles is 1. The van der Waals surface area contributed by atoms with Crippen molar-refractivity contribution in [1.29, 1.82) is 5.26 Å². The number of carbonyl (C=O) groups excluding carboxylic acids is 1. The first kappa shape index (κ1) is 22.8. The molecule has 1 heterocycles. The summed E-state index contributed by atoms with van der Waals surface area (Å²) in [5.41, 5.74) is 2.06. The van der Waals surface area contributed by atoms with Gasteiger partial charge in [-0.2, -0.15) is 5.26 Å². The SMILES string of the molecule is CC(C)(C)OC(=O)N1CCC2(CC1)Cc1cccc(C#N)c1[C@@H]2NS(=O)C(C)(C)C. The standard InChI is InChI=1S/C23H33N3O3S/c1-21(2,3)29-20(27)26-12-10-23(11-13-26)14-16-8-7-9-17(15-24)18(16)19(23)25-30(28)22(4,5)6/h7-9,19,25H,10-14H2,1-6H3/t19-,30?/m0/s1. The maximum atomic E-state index is 13.0. The highest BCUT2D eigenvalue weighted by atomic mass is 32.2. The molecule has 6 nitrogen and oxygen atoms in total. The van der Waals surface area contributed by atoms with Crippen molar-refractivity contribution in [1.82, 2.24) is 9.62 Å². The van der Waals surface area contributed by atoms with E-state index in [1.807, 2.05) is 53.7 Å². The molecule has 0 radical (unpaired) electrons. The van der Waals surface area contributed by atoms with Crippen LogP contribution < -0.4 is 4.72 Å². The highest BCUT2D eigenvalue weighted by Crippen LogP contribution is 2.53. The van der Waals surface area contributed by atoms with Crippen LogP contribution in [0.1, 0.15) is 77.1 Å². The van der Waals surface area contributed by atoms with Gasteiger partial charge in [-0.3, -0.25) is 0 Å². The summed E-state index contributed by atoms with van der Waals surface area (Å²) < 4.78 is 21.5. The fraction of sp³-hybridized carbons (Fsp3) is 0.652. The third-order valence-electron chi connectivity index (χ3n) is 5.95. The van der Waals surface area contributed by atoms with E-state index in [1.165, 1.54) is 0 Å². The zero-order valence-corrected chi connectivity index (χ0v) is 19.7. The Kier molecular flexibility index (Phi) is 6.05. The minimum atomic E-state index is -1.27. The van der Waals surface area contributed by atoms with Crippen molar-refractivity contribution in [3.63, 3.8) is 0 Å². The maximum absolute atomic E-state index is 13.0. The number of rotatable bonds is 2. The molecule has 0 bridgehead atoms. The zero-order valence-electron chi connectivity index (χ0n) is 18.9. The lowest BCUT2D eigenvalue weighted by Gasteiger charge is -2.44. The molecule has 3 rings (SSSR count). The first-order valence-corrected chi connectivity index (χ1v) is 11.7. The smallest absolute Gasteiger partial charge is 0.410 e. The van der Waals surface area contributed by atoms with E-state index in [0.717, 1.165) is 30.4 Å². The lowest BCUT2D eigenvalue weighted by molar-refractivity contribution is 0.00723. The number of nitrogens with zero attached hydrogens (tertiary/aromatic N) is 2. The Morgan fingerprint density at radius 1 is 1.23 bits per heavy atom. The van der Waals surface area contributed by atoms with E-state index in [1.54, 1.807) is 4.90 Å². The second-order valence-corrected chi connectivity index (χ2v) is 12.4. The summed E-state index contributed by atoms with van der Waals surface area (Å²) in [6.45, 7) is 12.6. The van der Waals surface area contributed by atoms with Gasteiger partial charge in [0.1, 0.15) is 5.60 Å². The van der Waals surface area contributed by atoms with Gasteiger partial charge < -0.3 is 9.64 Å². The molecule has 1 unspecified atom stereocenters. The number of benzene rings is 1. The molecule has 1 fully saturated rings. The molecular weight excluding hydrogens is 398 g/mol. The Morgan fingerprint density at radius 3 is 2.40 bits per heavy atom. The second kappa shape index (κ2) is 7.97. The molecule has 30 heavy (non-hydrogen) atoms. The number of ether oxygens (including phenoxy) is 1. The lowest BCUT2D eigenvalue weighted by atomic mass is 9.73. The zero-order chi connectivity index (χ0) is 22.3. The molecular formula is C23H33N3O3S. The summed E-state index contributed by atoms with van der Waals surface area (Å²) in [6, 6.07) is 7.97. The first-order valence-electron chi connectivity index (χ1n) is 10.5. The van der Waals surface area contributed by atoms with Crippen LogP contribution in [0, 0.1) is 16.7 Å². The first-order chi connectivity index (χ1) is 13.9. The molecule has 2 aliphatic rings. The van der Waals surface area contributed by atoms with Gasteiger partial charge in [-0.15, -0.1) is 0 Å². The van der Waals surface area contributed by atoms with Gasteiger partial charge in [0.2, 0.25) is 0 Å². The second-order valence-electron chi connectivity index (χ2n) is 10.4. The quantitative estimate of drug-likeness (QED) is 0.760. The van der Waals surface area contributed by atoms with Crippen LogP contribution in [0.25, 0.3) is 0 Å². The van der Waals surface area contributed by atoms with Crippen LogP contribution in [0.2, 0.25) is 0 Å². The number of hydrogen-bond donors (Lipinski definition) is 1. The molecule has 1 aliphatic heterocycles. The molecule has 0 aromatic heterocycles. The van der Waals surface area contributed by atoms with E-state index < -0.39 is 21.3 Å². The predicted molar refractivity (Wildman–Crippen MR) is 118 cm³/mol. The molecule has 1 aromatic carbocycles. The summed E-state index contributed by atoms with van der Waals surface area (Å²) in [7, 11) is -1.27.